The maximum Gasteiger partial charge on any atom is 0.321 e. The molecule has 2 aromatic carbocycles. The molecule has 0 unspecified atom stereocenters. The first-order valence-electron chi connectivity index (χ1n) is 7.40. The Hall–Kier alpha value is -2.30. The quantitative estimate of drug-likeness (QED) is 0.647. The number of carboxylic acids is 1. The Morgan fingerprint density at radius 2 is 1.87 bits per heavy atom. The van der Waals surface area contributed by atoms with Crippen molar-refractivity contribution in [3.63, 3.8) is 0 Å². The van der Waals surface area contributed by atoms with Crippen LogP contribution in [0.25, 0.3) is 10.9 Å². The molecule has 0 spiro atoms. The number of aromatic nitrogens is 1. The van der Waals surface area contributed by atoms with Crippen molar-refractivity contribution in [3.05, 3.63) is 70.9 Å². The Balaban J connectivity index is 1.75. The molecule has 0 aliphatic heterocycles. The molecule has 0 aliphatic carbocycles. The molecule has 1 aromatic heterocycles. The summed E-state index contributed by atoms with van der Waals surface area (Å²) in [4.78, 5) is 14.7. The van der Waals surface area contributed by atoms with Gasteiger partial charge in [0, 0.05) is 35.1 Å². The van der Waals surface area contributed by atoms with Crippen LogP contribution in [0.3, 0.4) is 0 Å². The van der Waals surface area contributed by atoms with E-state index in [-0.39, 0.29) is 0 Å². The van der Waals surface area contributed by atoms with E-state index < -0.39 is 12.0 Å². The molecule has 0 fully saturated rings. The third kappa shape index (κ3) is 3.55. The van der Waals surface area contributed by atoms with Crippen LogP contribution < -0.4 is 5.32 Å². The molecule has 0 aliphatic rings. The average Bonchev–Trinajstić information content (AvgIpc) is 2.95. The zero-order valence-corrected chi connectivity index (χ0v) is 13.2. The molecule has 0 saturated carbocycles. The lowest BCUT2D eigenvalue weighted by atomic mass is 10.0. The van der Waals surface area contributed by atoms with E-state index in [0.717, 1.165) is 22.0 Å². The van der Waals surface area contributed by atoms with Gasteiger partial charge >= 0.3 is 5.97 Å². The van der Waals surface area contributed by atoms with Crippen molar-refractivity contribution in [2.75, 3.05) is 0 Å². The number of aliphatic carboxylic acids is 1. The summed E-state index contributed by atoms with van der Waals surface area (Å²) in [6.07, 6.45) is 2.28. The molecule has 5 heteroatoms. The van der Waals surface area contributed by atoms with Gasteiger partial charge in [0.05, 0.1) is 0 Å². The Labute approximate surface area is 139 Å². The highest BCUT2D eigenvalue weighted by Gasteiger charge is 2.19. The van der Waals surface area contributed by atoms with Crippen molar-refractivity contribution in [2.45, 2.75) is 19.0 Å². The van der Waals surface area contributed by atoms with E-state index >= 15 is 0 Å². The predicted molar refractivity (Wildman–Crippen MR) is 91.7 cm³/mol. The molecule has 3 rings (SSSR count). The number of halogens is 1. The Morgan fingerprint density at radius 1 is 1.13 bits per heavy atom. The monoisotopic (exact) mass is 328 g/mol. The van der Waals surface area contributed by atoms with Crippen LogP contribution in [0.5, 0.6) is 0 Å². The second kappa shape index (κ2) is 6.86. The summed E-state index contributed by atoms with van der Waals surface area (Å²) in [5.41, 5.74) is 2.89. The van der Waals surface area contributed by atoms with Crippen molar-refractivity contribution in [1.82, 2.24) is 10.3 Å². The van der Waals surface area contributed by atoms with E-state index in [4.69, 9.17) is 11.6 Å². The number of rotatable bonds is 6. The number of fused-ring (bicyclic) bond motifs is 1. The van der Waals surface area contributed by atoms with Gasteiger partial charge in [-0.2, -0.15) is 0 Å². The molecule has 1 atom stereocenters. The summed E-state index contributed by atoms with van der Waals surface area (Å²) in [5.74, 6) is -0.873. The zero-order valence-electron chi connectivity index (χ0n) is 12.4. The molecule has 0 radical (unpaired) electrons. The van der Waals surface area contributed by atoms with Crippen molar-refractivity contribution in [1.29, 1.82) is 0 Å². The summed E-state index contributed by atoms with van der Waals surface area (Å²) in [5, 5.41) is 14.3. The van der Waals surface area contributed by atoms with E-state index in [0.29, 0.717) is 18.0 Å². The van der Waals surface area contributed by atoms with Gasteiger partial charge in [-0.3, -0.25) is 10.1 Å². The third-order valence-corrected chi connectivity index (χ3v) is 4.26. The fraction of sp³-hybridized carbons (Fsp3) is 0.167. The van der Waals surface area contributed by atoms with E-state index in [1.807, 2.05) is 48.7 Å². The molecule has 0 amide bonds. The topological polar surface area (TPSA) is 65.1 Å². The smallest absolute Gasteiger partial charge is 0.321 e. The second-order valence-corrected chi connectivity index (χ2v) is 5.83. The molecule has 4 nitrogen and oxygen atoms in total. The fourth-order valence-corrected chi connectivity index (χ4v) is 2.84. The maximum atomic E-state index is 11.6. The first kappa shape index (κ1) is 15.6. The molecule has 3 aromatic rings. The zero-order chi connectivity index (χ0) is 16.2. The minimum Gasteiger partial charge on any atom is -0.480 e. The molecule has 3 N–H and O–H groups in total. The standard InChI is InChI=1S/C18H17ClN2O2/c19-15-7-3-1-5-12(15)10-21-17(18(22)23)9-13-11-20-16-8-4-2-6-14(13)16/h1-8,11,17,20-21H,9-10H2,(H,22,23)/t17-/m0/s1. The van der Waals surface area contributed by atoms with Gasteiger partial charge in [-0.15, -0.1) is 0 Å². The van der Waals surface area contributed by atoms with E-state index in [1.54, 1.807) is 6.07 Å². The minimum absolute atomic E-state index is 0.407. The maximum absolute atomic E-state index is 11.6. The fourth-order valence-electron chi connectivity index (χ4n) is 2.64. The van der Waals surface area contributed by atoms with E-state index in [2.05, 4.69) is 10.3 Å². The van der Waals surface area contributed by atoms with Crippen molar-refractivity contribution < 1.29 is 9.90 Å². The van der Waals surface area contributed by atoms with Crippen LogP contribution in [-0.4, -0.2) is 22.1 Å². The largest absolute Gasteiger partial charge is 0.480 e. The number of carbonyl (C=O) groups is 1. The van der Waals surface area contributed by atoms with Gasteiger partial charge in [-0.1, -0.05) is 48.0 Å². The van der Waals surface area contributed by atoms with E-state index in [1.165, 1.54) is 0 Å². The minimum atomic E-state index is -0.873. The summed E-state index contributed by atoms with van der Waals surface area (Å²) in [6.45, 7) is 0.416. The molecule has 118 valence electrons. The lowest BCUT2D eigenvalue weighted by molar-refractivity contribution is -0.139. The van der Waals surface area contributed by atoms with Gasteiger partial charge in [0.15, 0.2) is 0 Å². The van der Waals surface area contributed by atoms with Crippen LogP contribution in [0, 0.1) is 0 Å². The SMILES string of the molecule is O=C(O)[C@H](Cc1c[nH]c2ccccc12)NCc1ccccc1Cl. The van der Waals surface area contributed by atoms with Crippen LogP contribution in [0.2, 0.25) is 5.02 Å². The molecule has 1 heterocycles. The van der Waals surface area contributed by atoms with Gasteiger partial charge in [-0.05, 0) is 23.3 Å². The number of aromatic amines is 1. The third-order valence-electron chi connectivity index (χ3n) is 3.89. The van der Waals surface area contributed by atoms with Crippen LogP contribution in [0.1, 0.15) is 11.1 Å². The van der Waals surface area contributed by atoms with Crippen LogP contribution >= 0.6 is 11.6 Å². The molecule has 23 heavy (non-hydrogen) atoms. The first-order valence-corrected chi connectivity index (χ1v) is 7.77. The lowest BCUT2D eigenvalue weighted by Crippen LogP contribution is -2.38. The summed E-state index contributed by atoms with van der Waals surface area (Å²) in [6, 6.07) is 14.6. The van der Waals surface area contributed by atoms with Crippen molar-refractivity contribution in [2.24, 2.45) is 0 Å². The number of hydrogen-bond acceptors (Lipinski definition) is 2. The number of para-hydroxylation sites is 1. The second-order valence-electron chi connectivity index (χ2n) is 5.43. The number of benzene rings is 2. The van der Waals surface area contributed by atoms with Crippen molar-refractivity contribution in [3.8, 4) is 0 Å². The van der Waals surface area contributed by atoms with Crippen molar-refractivity contribution >= 4 is 28.5 Å². The number of H-pyrrole nitrogens is 1. The highest BCUT2D eigenvalue weighted by molar-refractivity contribution is 6.31. The molecule has 0 saturated heterocycles. The average molecular weight is 329 g/mol. The summed E-state index contributed by atoms with van der Waals surface area (Å²) < 4.78 is 0. The number of nitrogens with one attached hydrogen (secondary N) is 2. The van der Waals surface area contributed by atoms with Crippen LogP contribution in [-0.2, 0) is 17.8 Å². The number of hydrogen-bond donors (Lipinski definition) is 3. The van der Waals surface area contributed by atoms with Crippen LogP contribution in [0.4, 0.5) is 0 Å². The normalized spacial score (nSPS) is 12.4. The molecular formula is C18H17ClN2O2. The Kier molecular flexibility index (Phi) is 4.65. The highest BCUT2D eigenvalue weighted by Crippen LogP contribution is 2.20. The molecular weight excluding hydrogens is 312 g/mol. The van der Waals surface area contributed by atoms with Gasteiger partial charge in [-0.25, -0.2) is 0 Å². The Morgan fingerprint density at radius 3 is 2.65 bits per heavy atom. The van der Waals surface area contributed by atoms with Gasteiger partial charge in [0.2, 0.25) is 0 Å². The highest BCUT2D eigenvalue weighted by atomic mass is 35.5. The van der Waals surface area contributed by atoms with E-state index in [9.17, 15) is 9.90 Å². The van der Waals surface area contributed by atoms with Gasteiger partial charge in [0.1, 0.15) is 6.04 Å². The Bertz CT molecular complexity index is 829. The van der Waals surface area contributed by atoms with Gasteiger partial charge in [0.25, 0.3) is 0 Å². The van der Waals surface area contributed by atoms with Crippen LogP contribution in [0.15, 0.2) is 54.7 Å². The van der Waals surface area contributed by atoms with Gasteiger partial charge < -0.3 is 10.1 Å². The number of carboxylic acid groups (broad SMARTS) is 1. The lowest BCUT2D eigenvalue weighted by Gasteiger charge is -2.15. The summed E-state index contributed by atoms with van der Waals surface area (Å²) >= 11 is 6.12. The predicted octanol–water partition coefficient (Wildman–Crippen LogP) is 3.61. The molecule has 0 bridgehead atoms. The summed E-state index contributed by atoms with van der Waals surface area (Å²) in [7, 11) is 0. The first-order chi connectivity index (χ1) is 11.1.